The molecule has 1 fully saturated rings. The number of methoxy groups -OCH3 is 1. The molecule has 0 saturated carbocycles. The van der Waals surface area contributed by atoms with Crippen molar-refractivity contribution in [1.82, 2.24) is 14.9 Å². The van der Waals surface area contributed by atoms with Crippen molar-refractivity contribution in [1.29, 1.82) is 0 Å². The van der Waals surface area contributed by atoms with Gasteiger partial charge in [0.1, 0.15) is 12.3 Å². The predicted molar refractivity (Wildman–Crippen MR) is 167 cm³/mol. The molecule has 9 heteroatoms. The van der Waals surface area contributed by atoms with E-state index in [1.54, 1.807) is 19.4 Å². The highest BCUT2D eigenvalue weighted by Crippen LogP contribution is 2.35. The Morgan fingerprint density at radius 2 is 1.74 bits per heavy atom. The van der Waals surface area contributed by atoms with Gasteiger partial charge in [-0.05, 0) is 67.5 Å². The molecule has 1 aromatic heterocycles. The van der Waals surface area contributed by atoms with Crippen LogP contribution in [0.5, 0.6) is 5.75 Å². The van der Waals surface area contributed by atoms with Crippen molar-refractivity contribution in [3.63, 3.8) is 0 Å². The molecule has 0 bridgehead atoms. The number of carbonyl (C=O) groups is 2. The monoisotopic (exact) mass is 598 g/mol. The second kappa shape index (κ2) is 13.7. The lowest BCUT2D eigenvalue weighted by molar-refractivity contribution is -0.137. The van der Waals surface area contributed by atoms with Crippen LogP contribution in [0, 0.1) is 6.92 Å². The number of carbonyl (C=O) groups excluding carboxylic acids is 1. The van der Waals surface area contributed by atoms with Gasteiger partial charge in [0.15, 0.2) is 0 Å². The average Bonchev–Trinajstić information content (AvgIpc) is 3.50. The number of hydrogen-bond donors (Lipinski definition) is 1. The van der Waals surface area contributed by atoms with Crippen molar-refractivity contribution >= 4 is 29.4 Å². The fourth-order valence-corrected chi connectivity index (χ4v) is 5.79. The quantitative estimate of drug-likeness (QED) is 0.216. The molecule has 8 nitrogen and oxygen atoms in total. The van der Waals surface area contributed by atoms with Crippen molar-refractivity contribution in [2.45, 2.75) is 45.2 Å². The van der Waals surface area contributed by atoms with E-state index in [1.807, 2.05) is 54.6 Å². The molecule has 222 valence electrons. The van der Waals surface area contributed by atoms with Crippen LogP contribution in [0.1, 0.15) is 57.2 Å². The van der Waals surface area contributed by atoms with E-state index in [0.29, 0.717) is 46.4 Å². The normalized spacial score (nSPS) is 14.5. The first kappa shape index (κ1) is 30.0. The highest BCUT2D eigenvalue weighted by Gasteiger charge is 2.30. The maximum absolute atomic E-state index is 14.0. The summed E-state index contributed by atoms with van der Waals surface area (Å²) in [6.45, 7) is 2.45. The van der Waals surface area contributed by atoms with E-state index in [2.05, 4.69) is 28.9 Å². The Morgan fingerprint density at radius 1 is 1.02 bits per heavy atom. The Labute approximate surface area is 256 Å². The number of ether oxygens (including phenoxy) is 1. The number of para-hydroxylation sites is 1. The fourth-order valence-electron chi connectivity index (χ4n) is 5.67. The number of carboxylic acids is 1. The topological polar surface area (TPSA) is 95.9 Å². The molecule has 43 heavy (non-hydrogen) atoms. The summed E-state index contributed by atoms with van der Waals surface area (Å²) >= 11 is 6.14. The number of hydrogen-bond acceptors (Lipinski definition) is 6. The van der Waals surface area contributed by atoms with Crippen molar-refractivity contribution in [3.8, 4) is 5.75 Å². The molecule has 4 aromatic rings. The van der Waals surface area contributed by atoms with Crippen molar-refractivity contribution in [2.24, 2.45) is 0 Å². The molecule has 3 aromatic carbocycles. The molecular weight excluding hydrogens is 564 g/mol. The van der Waals surface area contributed by atoms with Crippen LogP contribution >= 0.6 is 11.6 Å². The van der Waals surface area contributed by atoms with Gasteiger partial charge < -0.3 is 19.6 Å². The smallest absolute Gasteiger partial charge is 0.323 e. The number of benzene rings is 3. The third kappa shape index (κ3) is 7.14. The van der Waals surface area contributed by atoms with Crippen LogP contribution in [0.15, 0.2) is 79.0 Å². The van der Waals surface area contributed by atoms with E-state index in [9.17, 15) is 14.7 Å². The van der Waals surface area contributed by atoms with Crippen LogP contribution in [0.2, 0.25) is 5.02 Å². The molecule has 0 unspecified atom stereocenters. The molecule has 1 atom stereocenters. The van der Waals surface area contributed by atoms with E-state index >= 15 is 0 Å². The van der Waals surface area contributed by atoms with Gasteiger partial charge in [-0.1, -0.05) is 66.2 Å². The number of anilines is 1. The molecule has 0 radical (unpaired) electrons. The highest BCUT2D eigenvalue weighted by molar-refractivity contribution is 6.30. The third-order valence-electron chi connectivity index (χ3n) is 7.91. The van der Waals surface area contributed by atoms with E-state index in [4.69, 9.17) is 21.3 Å². The zero-order valence-electron chi connectivity index (χ0n) is 24.4. The second-order valence-corrected chi connectivity index (χ2v) is 11.2. The van der Waals surface area contributed by atoms with Crippen LogP contribution in [0.25, 0.3) is 0 Å². The number of rotatable bonds is 11. The number of nitrogens with zero attached hydrogens (tertiary/aromatic N) is 4. The first-order chi connectivity index (χ1) is 20.8. The summed E-state index contributed by atoms with van der Waals surface area (Å²) < 4.78 is 5.46. The Bertz CT molecular complexity index is 1590. The summed E-state index contributed by atoms with van der Waals surface area (Å²) in [6, 6.07) is 23.4. The van der Waals surface area contributed by atoms with Crippen molar-refractivity contribution in [3.05, 3.63) is 118 Å². The van der Waals surface area contributed by atoms with Gasteiger partial charge in [-0.15, -0.1) is 0 Å². The number of aryl methyl sites for hydroxylation is 3. The van der Waals surface area contributed by atoms with Gasteiger partial charge in [0, 0.05) is 23.3 Å². The lowest BCUT2D eigenvalue weighted by atomic mass is 10.0. The minimum Gasteiger partial charge on any atom is -0.496 e. The van der Waals surface area contributed by atoms with Gasteiger partial charge in [-0.3, -0.25) is 9.59 Å². The molecule has 1 saturated heterocycles. The van der Waals surface area contributed by atoms with E-state index in [1.165, 1.54) is 4.90 Å². The molecule has 1 N–H and O–H groups in total. The second-order valence-electron chi connectivity index (χ2n) is 10.7. The lowest BCUT2D eigenvalue weighted by Gasteiger charge is -2.27. The SMILES string of the molecule is COc1ccccc1CN(CC(=O)O)C(=O)c1cnc(N2CCC[C@H]2c2ccc(Cl)cc2)nc1CCc1ccccc1C. The summed E-state index contributed by atoms with van der Waals surface area (Å²) in [4.78, 5) is 39.1. The van der Waals surface area contributed by atoms with Crippen LogP contribution < -0.4 is 9.64 Å². The van der Waals surface area contributed by atoms with Crippen LogP contribution in [0.3, 0.4) is 0 Å². The van der Waals surface area contributed by atoms with E-state index < -0.39 is 18.4 Å². The van der Waals surface area contributed by atoms with E-state index in [0.717, 1.165) is 36.1 Å². The van der Waals surface area contributed by atoms with Crippen molar-refractivity contribution < 1.29 is 19.4 Å². The Balaban J connectivity index is 1.50. The standard InChI is InChI=1S/C34H35ClN4O4/c1-23-8-3-4-9-24(23)15-18-29-28(33(42)38(22-32(40)41)21-26-10-5-6-12-31(26)43-2)20-36-34(37-29)39-19-7-11-30(39)25-13-16-27(35)17-14-25/h3-6,8-10,12-14,16-17,20,30H,7,11,15,18-19,21-22H2,1-2H3,(H,40,41)/t30-/m0/s1. The van der Waals surface area contributed by atoms with Gasteiger partial charge >= 0.3 is 5.97 Å². The minimum atomic E-state index is -1.11. The molecule has 1 aliphatic rings. The zero-order valence-corrected chi connectivity index (χ0v) is 25.1. The maximum atomic E-state index is 14.0. The van der Waals surface area contributed by atoms with Crippen LogP contribution in [-0.2, 0) is 24.2 Å². The summed E-state index contributed by atoms with van der Waals surface area (Å²) in [5, 5.41) is 10.4. The molecule has 0 aliphatic carbocycles. The first-order valence-electron chi connectivity index (χ1n) is 14.4. The van der Waals surface area contributed by atoms with Gasteiger partial charge in [-0.2, -0.15) is 0 Å². The summed E-state index contributed by atoms with van der Waals surface area (Å²) in [6.07, 6.45) is 4.68. The Hall–Kier alpha value is -4.43. The van der Waals surface area contributed by atoms with Gasteiger partial charge in [0.2, 0.25) is 5.95 Å². The zero-order chi connectivity index (χ0) is 30.3. The molecule has 1 amide bonds. The first-order valence-corrected chi connectivity index (χ1v) is 14.8. The van der Waals surface area contributed by atoms with Gasteiger partial charge in [-0.25, -0.2) is 9.97 Å². The Kier molecular flexibility index (Phi) is 9.57. The maximum Gasteiger partial charge on any atom is 0.323 e. The molecule has 2 heterocycles. The largest absolute Gasteiger partial charge is 0.496 e. The third-order valence-corrected chi connectivity index (χ3v) is 8.16. The molecule has 1 aliphatic heterocycles. The molecule has 0 spiro atoms. The summed E-state index contributed by atoms with van der Waals surface area (Å²) in [5.41, 5.74) is 5.07. The van der Waals surface area contributed by atoms with Gasteiger partial charge in [0.05, 0.1) is 31.0 Å². The van der Waals surface area contributed by atoms with Crippen LogP contribution in [-0.4, -0.2) is 52.1 Å². The van der Waals surface area contributed by atoms with Gasteiger partial charge in [0.25, 0.3) is 5.91 Å². The number of carboxylic acid groups (broad SMARTS) is 1. The molecule has 5 rings (SSSR count). The van der Waals surface area contributed by atoms with E-state index in [-0.39, 0.29) is 12.6 Å². The summed E-state index contributed by atoms with van der Waals surface area (Å²) in [7, 11) is 1.55. The number of aliphatic carboxylic acids is 1. The average molecular weight is 599 g/mol. The number of amides is 1. The highest BCUT2D eigenvalue weighted by atomic mass is 35.5. The lowest BCUT2D eigenvalue weighted by Crippen LogP contribution is -2.36. The van der Waals surface area contributed by atoms with Crippen LogP contribution in [0.4, 0.5) is 5.95 Å². The predicted octanol–water partition coefficient (Wildman–Crippen LogP) is 6.30. The summed E-state index contributed by atoms with van der Waals surface area (Å²) in [5.74, 6) is -0.400. The number of aromatic nitrogens is 2. The minimum absolute atomic E-state index is 0.0684. The molecular formula is C34H35ClN4O4. The number of halogens is 1. The Morgan fingerprint density at radius 3 is 2.47 bits per heavy atom. The van der Waals surface area contributed by atoms with Crippen molar-refractivity contribution in [2.75, 3.05) is 25.1 Å². The fraction of sp³-hybridized carbons (Fsp3) is 0.294.